The van der Waals surface area contributed by atoms with Crippen LogP contribution in [0.2, 0.25) is 0 Å². The van der Waals surface area contributed by atoms with E-state index in [2.05, 4.69) is 0 Å². The molecule has 4 nitrogen and oxygen atoms in total. The summed E-state index contributed by atoms with van der Waals surface area (Å²) in [5.41, 5.74) is 0.649. The molecule has 2 rings (SSSR count). The highest BCUT2D eigenvalue weighted by molar-refractivity contribution is 6.32. The molecule has 94 valence electrons. The third kappa shape index (κ3) is 2.90. The van der Waals surface area contributed by atoms with Crippen LogP contribution in [0.1, 0.15) is 20.8 Å². The largest absolute Gasteiger partial charge is 0.477 e. The van der Waals surface area contributed by atoms with Crippen LogP contribution in [0, 0.1) is 5.82 Å². The van der Waals surface area contributed by atoms with Crippen molar-refractivity contribution in [3.05, 3.63) is 53.6 Å². The third-order valence-electron chi connectivity index (χ3n) is 2.63. The zero-order chi connectivity index (χ0) is 14.0. The number of benzene rings is 1. The molecule has 0 aliphatic heterocycles. The Labute approximate surface area is 109 Å². The van der Waals surface area contributed by atoms with Crippen molar-refractivity contribution in [2.75, 3.05) is 0 Å². The van der Waals surface area contributed by atoms with Gasteiger partial charge in [-0.2, -0.15) is 0 Å². The fourth-order valence-electron chi connectivity index (χ4n) is 1.70. The monoisotopic (exact) mass is 257 g/mol. The molecule has 0 aliphatic carbocycles. The van der Waals surface area contributed by atoms with Gasteiger partial charge in [0.2, 0.25) is 0 Å². The van der Waals surface area contributed by atoms with Gasteiger partial charge in [0.15, 0.2) is 5.78 Å². The molecule has 0 saturated carbocycles. The number of carboxylic acid groups (broad SMARTS) is 1. The minimum absolute atomic E-state index is 0.241. The Balaban J connectivity index is 2.24. The number of hydrogen-bond donors (Lipinski definition) is 1. The molecular weight excluding hydrogens is 248 g/mol. The number of halogens is 1. The van der Waals surface area contributed by atoms with Crippen molar-refractivity contribution < 1.29 is 19.1 Å². The second-order valence-corrected chi connectivity index (χ2v) is 4.02. The Morgan fingerprint density at radius 3 is 2.47 bits per heavy atom. The molecule has 0 bridgehead atoms. The average molecular weight is 257 g/mol. The van der Waals surface area contributed by atoms with Crippen LogP contribution in [0.25, 0.3) is 0 Å². The van der Waals surface area contributed by atoms with E-state index >= 15 is 0 Å². The molecule has 0 amide bonds. The standard InChI is InChI=1S/C13H9BFNO3/c14-9-3-1-8(2-4-9)12(17)7-16-6-10(15)5-11(16)13(18)19/h1-6H,7H2,(H,18,19). The summed E-state index contributed by atoms with van der Waals surface area (Å²) in [6.07, 6.45) is 0.985. The first-order valence-corrected chi connectivity index (χ1v) is 5.45. The van der Waals surface area contributed by atoms with Gasteiger partial charge in [-0.05, 0) is 0 Å². The van der Waals surface area contributed by atoms with E-state index in [9.17, 15) is 14.0 Å². The van der Waals surface area contributed by atoms with Crippen LogP contribution in [0.3, 0.4) is 0 Å². The number of carbonyl (C=O) groups excluding carboxylic acids is 1. The maximum Gasteiger partial charge on any atom is 0.352 e. The van der Waals surface area contributed by atoms with E-state index in [1.54, 1.807) is 12.1 Å². The molecule has 2 radical (unpaired) electrons. The molecule has 0 atom stereocenters. The van der Waals surface area contributed by atoms with Crippen LogP contribution in [0.5, 0.6) is 0 Å². The molecular formula is C13H9BFNO3. The lowest BCUT2D eigenvalue weighted by Crippen LogP contribution is -2.15. The number of hydrogen-bond acceptors (Lipinski definition) is 2. The van der Waals surface area contributed by atoms with Crippen molar-refractivity contribution >= 4 is 25.1 Å². The average Bonchev–Trinajstić information content (AvgIpc) is 2.71. The predicted octanol–water partition coefficient (Wildman–Crippen LogP) is 1.00. The number of Topliss-reactive ketones (excluding diaryl/α,β-unsaturated/α-hetero) is 1. The second-order valence-electron chi connectivity index (χ2n) is 4.02. The first kappa shape index (κ1) is 13.1. The Hall–Kier alpha value is -2.37. The van der Waals surface area contributed by atoms with Crippen molar-refractivity contribution in [1.29, 1.82) is 0 Å². The zero-order valence-corrected chi connectivity index (χ0v) is 9.84. The Bertz CT molecular complexity index is 634. The smallest absolute Gasteiger partial charge is 0.352 e. The molecule has 19 heavy (non-hydrogen) atoms. The van der Waals surface area contributed by atoms with Crippen molar-refractivity contribution in [2.45, 2.75) is 6.54 Å². The van der Waals surface area contributed by atoms with Gasteiger partial charge < -0.3 is 9.67 Å². The van der Waals surface area contributed by atoms with E-state index in [4.69, 9.17) is 13.0 Å². The minimum Gasteiger partial charge on any atom is -0.477 e. The molecule has 0 spiro atoms. The maximum absolute atomic E-state index is 13.0. The molecule has 1 N–H and O–H groups in total. The van der Waals surface area contributed by atoms with Crippen molar-refractivity contribution in [3.8, 4) is 0 Å². The topological polar surface area (TPSA) is 59.3 Å². The van der Waals surface area contributed by atoms with Crippen molar-refractivity contribution in [1.82, 2.24) is 4.57 Å². The lowest BCUT2D eigenvalue weighted by Gasteiger charge is -2.05. The van der Waals surface area contributed by atoms with Crippen LogP contribution >= 0.6 is 0 Å². The molecule has 0 saturated heterocycles. The van der Waals surface area contributed by atoms with Gasteiger partial charge in [-0.25, -0.2) is 9.18 Å². The first-order chi connectivity index (χ1) is 8.97. The number of rotatable bonds is 4. The molecule has 0 aliphatic rings. The summed E-state index contributed by atoms with van der Waals surface area (Å²) in [5.74, 6) is -2.30. The Morgan fingerprint density at radius 2 is 1.89 bits per heavy atom. The number of aromatic nitrogens is 1. The summed E-state index contributed by atoms with van der Waals surface area (Å²) in [7, 11) is 5.50. The quantitative estimate of drug-likeness (QED) is 0.656. The summed E-state index contributed by atoms with van der Waals surface area (Å²) >= 11 is 0. The number of aromatic carboxylic acids is 1. The van der Waals surface area contributed by atoms with Gasteiger partial charge in [0.05, 0.1) is 6.54 Å². The normalized spacial score (nSPS) is 10.4. The van der Waals surface area contributed by atoms with Gasteiger partial charge in [-0.1, -0.05) is 29.7 Å². The van der Waals surface area contributed by atoms with Gasteiger partial charge in [0.1, 0.15) is 19.4 Å². The van der Waals surface area contributed by atoms with E-state index in [1.807, 2.05) is 0 Å². The van der Waals surface area contributed by atoms with Crippen LogP contribution in [0.4, 0.5) is 4.39 Å². The fourth-order valence-corrected chi connectivity index (χ4v) is 1.70. The lowest BCUT2D eigenvalue weighted by molar-refractivity contribution is 0.0685. The van der Waals surface area contributed by atoms with E-state index in [1.165, 1.54) is 12.1 Å². The van der Waals surface area contributed by atoms with Gasteiger partial charge in [0.25, 0.3) is 0 Å². The second kappa shape index (κ2) is 5.10. The van der Waals surface area contributed by atoms with Crippen LogP contribution < -0.4 is 5.46 Å². The van der Waals surface area contributed by atoms with E-state index in [0.717, 1.165) is 16.8 Å². The fraction of sp³-hybridized carbons (Fsp3) is 0.0769. The van der Waals surface area contributed by atoms with Crippen LogP contribution in [0.15, 0.2) is 36.5 Å². The number of carboxylic acids is 1. The van der Waals surface area contributed by atoms with Gasteiger partial charge in [-0.3, -0.25) is 4.79 Å². The van der Waals surface area contributed by atoms with E-state index < -0.39 is 11.8 Å². The number of nitrogens with zero attached hydrogens (tertiary/aromatic N) is 1. The summed E-state index contributed by atoms with van der Waals surface area (Å²) in [4.78, 5) is 22.8. The van der Waals surface area contributed by atoms with E-state index in [0.29, 0.717) is 11.0 Å². The third-order valence-corrected chi connectivity index (χ3v) is 2.63. The van der Waals surface area contributed by atoms with Gasteiger partial charge in [-0.15, -0.1) is 0 Å². The molecule has 0 unspecified atom stereocenters. The lowest BCUT2D eigenvalue weighted by atomic mass is 9.94. The van der Waals surface area contributed by atoms with Crippen molar-refractivity contribution in [3.63, 3.8) is 0 Å². The highest BCUT2D eigenvalue weighted by Crippen LogP contribution is 2.09. The van der Waals surface area contributed by atoms with Crippen LogP contribution in [-0.4, -0.2) is 29.3 Å². The SMILES string of the molecule is [B]c1ccc(C(=O)Cn2cc(F)cc2C(=O)O)cc1. The zero-order valence-electron chi connectivity index (χ0n) is 9.84. The van der Waals surface area contributed by atoms with Gasteiger partial charge >= 0.3 is 5.97 Å². The predicted molar refractivity (Wildman–Crippen MR) is 67.5 cm³/mol. The Morgan fingerprint density at radius 1 is 1.26 bits per heavy atom. The molecule has 1 heterocycles. The maximum atomic E-state index is 13.0. The summed E-state index contributed by atoms with van der Waals surface area (Å²) in [6, 6.07) is 7.09. The molecule has 6 heteroatoms. The minimum atomic E-state index is -1.28. The van der Waals surface area contributed by atoms with E-state index in [-0.39, 0.29) is 18.0 Å². The van der Waals surface area contributed by atoms with Crippen molar-refractivity contribution in [2.24, 2.45) is 0 Å². The number of ketones is 1. The summed E-state index contributed by atoms with van der Waals surface area (Å²) in [6.45, 7) is -0.241. The number of carbonyl (C=O) groups is 2. The Kier molecular flexibility index (Phi) is 3.51. The molecule has 1 aromatic heterocycles. The van der Waals surface area contributed by atoms with Crippen LogP contribution in [-0.2, 0) is 6.54 Å². The summed E-state index contributed by atoms with van der Waals surface area (Å²) < 4.78 is 14.1. The van der Waals surface area contributed by atoms with Gasteiger partial charge in [0, 0.05) is 17.8 Å². The highest BCUT2D eigenvalue weighted by Gasteiger charge is 2.15. The molecule has 2 aromatic rings. The first-order valence-electron chi connectivity index (χ1n) is 5.45. The highest BCUT2D eigenvalue weighted by atomic mass is 19.1. The summed E-state index contributed by atoms with van der Waals surface area (Å²) in [5, 5.41) is 8.88. The molecule has 1 aromatic carbocycles. The molecule has 0 fully saturated rings.